The van der Waals surface area contributed by atoms with Gasteiger partial charge in [0.05, 0.1) is 11.6 Å². The molecule has 0 radical (unpaired) electrons. The van der Waals surface area contributed by atoms with Crippen LogP contribution < -0.4 is 10.2 Å². The van der Waals surface area contributed by atoms with Gasteiger partial charge in [-0.2, -0.15) is 0 Å². The number of fused-ring (bicyclic) bond motifs is 1. The number of anilines is 1. The Balaban J connectivity index is 1.85. The van der Waals surface area contributed by atoms with Crippen molar-refractivity contribution in [3.05, 3.63) is 30.1 Å². The Morgan fingerprint density at radius 1 is 1.25 bits per heavy atom. The molecule has 152 valence electrons. The van der Waals surface area contributed by atoms with E-state index in [1.54, 1.807) is 20.8 Å². The second-order valence-corrected chi connectivity index (χ2v) is 7.97. The van der Waals surface area contributed by atoms with Gasteiger partial charge < -0.3 is 19.9 Å². The molecule has 2 aromatic rings. The highest BCUT2D eigenvalue weighted by Gasteiger charge is 2.29. The van der Waals surface area contributed by atoms with E-state index in [0.717, 1.165) is 18.7 Å². The number of piperazine rings is 1. The van der Waals surface area contributed by atoms with Crippen LogP contribution in [0.1, 0.15) is 20.8 Å². The number of rotatable bonds is 3. The van der Waals surface area contributed by atoms with Crippen LogP contribution in [0.2, 0.25) is 0 Å². The Bertz CT molecular complexity index is 871. The zero-order valence-electron chi connectivity index (χ0n) is 16.5. The lowest BCUT2D eigenvalue weighted by molar-refractivity contribution is 0.0520. The lowest BCUT2D eigenvalue weighted by Crippen LogP contribution is -2.56. The summed E-state index contributed by atoms with van der Waals surface area (Å²) in [6, 6.07) is 2.08. The summed E-state index contributed by atoms with van der Waals surface area (Å²) in [5.41, 5.74) is -0.251. The summed E-state index contributed by atoms with van der Waals surface area (Å²) in [6.45, 7) is 7.80. The van der Waals surface area contributed by atoms with Crippen LogP contribution in [0, 0.1) is 11.6 Å². The highest BCUT2D eigenvalue weighted by atomic mass is 19.2. The Hall–Kier alpha value is -2.55. The maximum atomic E-state index is 13.8. The van der Waals surface area contributed by atoms with Crippen LogP contribution in [0.4, 0.5) is 19.4 Å². The van der Waals surface area contributed by atoms with Crippen LogP contribution in [0.5, 0.6) is 0 Å². The average molecular weight is 393 g/mol. The van der Waals surface area contributed by atoms with Crippen molar-refractivity contribution in [3.8, 4) is 0 Å². The molecular formula is C19H25F2N5O2. The molecule has 0 bridgehead atoms. The molecule has 0 spiro atoms. The molecule has 1 unspecified atom stereocenters. The summed E-state index contributed by atoms with van der Waals surface area (Å²) in [5, 5.41) is 3.23. The molecule has 0 saturated carbocycles. The van der Waals surface area contributed by atoms with E-state index >= 15 is 0 Å². The third-order valence-corrected chi connectivity index (χ3v) is 4.50. The topological polar surface area (TPSA) is 70.6 Å². The number of amides is 1. The second kappa shape index (κ2) is 7.83. The summed E-state index contributed by atoms with van der Waals surface area (Å²) < 4.78 is 32.7. The first-order valence-corrected chi connectivity index (χ1v) is 9.16. The minimum absolute atomic E-state index is 0.113. The largest absolute Gasteiger partial charge is 0.444 e. The van der Waals surface area contributed by atoms with Gasteiger partial charge in [-0.15, -0.1) is 0 Å². The number of hydrogen-bond acceptors (Lipinski definition) is 6. The van der Waals surface area contributed by atoms with Gasteiger partial charge in [-0.25, -0.2) is 23.5 Å². The van der Waals surface area contributed by atoms with E-state index in [2.05, 4.69) is 20.2 Å². The van der Waals surface area contributed by atoms with E-state index in [4.69, 9.17) is 4.74 Å². The van der Waals surface area contributed by atoms with Crippen molar-refractivity contribution in [2.75, 3.05) is 38.1 Å². The molecule has 3 rings (SSSR count). The van der Waals surface area contributed by atoms with Crippen LogP contribution in [0.25, 0.3) is 10.9 Å². The standard InChI is InChI=1S/C19H25F2N5O2/c1-19(2,3)28-18(27)22-9-12-10-25(4)5-6-26(12)17-13-7-14(20)15(21)8-16(13)23-11-24-17/h7-8,11-12H,5-6,9-10H2,1-4H3,(H,22,27). The number of benzene rings is 1. The van der Waals surface area contributed by atoms with Gasteiger partial charge >= 0.3 is 6.09 Å². The number of ether oxygens (including phenoxy) is 1. The quantitative estimate of drug-likeness (QED) is 0.864. The molecule has 1 aliphatic heterocycles. The highest BCUT2D eigenvalue weighted by molar-refractivity contribution is 5.89. The molecule has 1 saturated heterocycles. The first-order chi connectivity index (χ1) is 13.1. The van der Waals surface area contributed by atoms with E-state index in [0.29, 0.717) is 36.4 Å². The van der Waals surface area contributed by atoms with Gasteiger partial charge in [0.2, 0.25) is 0 Å². The van der Waals surface area contributed by atoms with Crippen molar-refractivity contribution < 1.29 is 18.3 Å². The molecule has 1 aliphatic rings. The molecule has 0 aliphatic carbocycles. The van der Waals surface area contributed by atoms with Crippen molar-refractivity contribution in [1.29, 1.82) is 0 Å². The van der Waals surface area contributed by atoms with Crippen molar-refractivity contribution in [1.82, 2.24) is 20.2 Å². The normalized spacial score (nSPS) is 18.4. The summed E-state index contributed by atoms with van der Waals surface area (Å²) in [4.78, 5) is 24.6. The van der Waals surface area contributed by atoms with Crippen LogP contribution >= 0.6 is 0 Å². The number of likely N-dealkylation sites (N-methyl/N-ethyl adjacent to an activating group) is 1. The fourth-order valence-electron chi connectivity index (χ4n) is 3.25. The number of carbonyl (C=O) groups excluding carboxylic acids is 1. The third-order valence-electron chi connectivity index (χ3n) is 4.50. The van der Waals surface area contributed by atoms with Crippen molar-refractivity contribution in [2.45, 2.75) is 32.4 Å². The van der Waals surface area contributed by atoms with Gasteiger partial charge in [-0.1, -0.05) is 0 Å². The zero-order valence-corrected chi connectivity index (χ0v) is 16.5. The molecule has 2 heterocycles. The molecule has 1 fully saturated rings. The number of halogens is 2. The number of nitrogens with zero attached hydrogens (tertiary/aromatic N) is 4. The van der Waals surface area contributed by atoms with Gasteiger partial charge in [-0.3, -0.25) is 0 Å². The van der Waals surface area contributed by atoms with E-state index in [1.807, 2.05) is 11.9 Å². The fraction of sp³-hybridized carbons (Fsp3) is 0.526. The molecule has 7 nitrogen and oxygen atoms in total. The van der Waals surface area contributed by atoms with Gasteiger partial charge in [-0.05, 0) is 33.9 Å². The van der Waals surface area contributed by atoms with Gasteiger partial charge in [0.1, 0.15) is 17.7 Å². The highest BCUT2D eigenvalue weighted by Crippen LogP contribution is 2.27. The summed E-state index contributed by atoms with van der Waals surface area (Å²) in [7, 11) is 1.99. The minimum atomic E-state index is -0.946. The van der Waals surface area contributed by atoms with Crippen molar-refractivity contribution >= 4 is 22.8 Å². The van der Waals surface area contributed by atoms with Crippen molar-refractivity contribution in [3.63, 3.8) is 0 Å². The van der Waals surface area contributed by atoms with Crippen LogP contribution in [0.15, 0.2) is 18.5 Å². The number of aromatic nitrogens is 2. The summed E-state index contributed by atoms with van der Waals surface area (Å²) in [6.07, 6.45) is 0.840. The Morgan fingerprint density at radius 2 is 1.96 bits per heavy atom. The van der Waals surface area contributed by atoms with Crippen molar-refractivity contribution in [2.24, 2.45) is 0 Å². The van der Waals surface area contributed by atoms with Gasteiger partial charge in [0.15, 0.2) is 11.6 Å². The SMILES string of the molecule is CN1CCN(c2ncnc3cc(F)c(F)cc23)C(CNC(=O)OC(C)(C)C)C1. The summed E-state index contributed by atoms with van der Waals surface area (Å²) in [5.74, 6) is -1.37. The Kier molecular flexibility index (Phi) is 5.64. The first-order valence-electron chi connectivity index (χ1n) is 9.16. The Morgan fingerprint density at radius 3 is 2.68 bits per heavy atom. The van der Waals surface area contributed by atoms with Gasteiger partial charge in [0, 0.05) is 37.6 Å². The maximum absolute atomic E-state index is 13.8. The summed E-state index contributed by atoms with van der Waals surface area (Å²) >= 11 is 0. The zero-order chi connectivity index (χ0) is 20.5. The van der Waals surface area contributed by atoms with Crippen LogP contribution in [-0.2, 0) is 4.74 Å². The number of hydrogen-bond donors (Lipinski definition) is 1. The third kappa shape index (κ3) is 4.64. The lowest BCUT2D eigenvalue weighted by atomic mass is 10.1. The fourth-order valence-corrected chi connectivity index (χ4v) is 3.25. The van der Waals surface area contributed by atoms with Gasteiger partial charge in [0.25, 0.3) is 0 Å². The minimum Gasteiger partial charge on any atom is -0.444 e. The molecule has 1 aromatic carbocycles. The molecule has 1 amide bonds. The van der Waals surface area contributed by atoms with E-state index < -0.39 is 23.3 Å². The van der Waals surface area contributed by atoms with Crippen LogP contribution in [0.3, 0.4) is 0 Å². The van der Waals surface area contributed by atoms with E-state index in [1.165, 1.54) is 6.33 Å². The Labute approximate surface area is 162 Å². The van der Waals surface area contributed by atoms with E-state index in [-0.39, 0.29) is 6.04 Å². The number of nitrogens with one attached hydrogen (secondary N) is 1. The molecule has 1 aromatic heterocycles. The van der Waals surface area contributed by atoms with Crippen LogP contribution in [-0.4, -0.2) is 65.8 Å². The predicted octanol–water partition coefficient (Wildman–Crippen LogP) is 2.55. The van der Waals surface area contributed by atoms with E-state index in [9.17, 15) is 13.6 Å². The molecule has 1 atom stereocenters. The smallest absolute Gasteiger partial charge is 0.407 e. The monoisotopic (exact) mass is 393 g/mol. The maximum Gasteiger partial charge on any atom is 0.407 e. The molecular weight excluding hydrogens is 368 g/mol. The molecule has 9 heteroatoms. The first kappa shape index (κ1) is 20.2. The predicted molar refractivity (Wildman–Crippen MR) is 102 cm³/mol. The average Bonchev–Trinajstić information content (AvgIpc) is 2.59. The number of alkyl carbamates (subject to hydrolysis) is 1. The molecule has 28 heavy (non-hydrogen) atoms. The number of carbonyl (C=O) groups is 1. The lowest BCUT2D eigenvalue weighted by Gasteiger charge is -2.41. The molecule has 1 N–H and O–H groups in total. The second-order valence-electron chi connectivity index (χ2n) is 7.97.